The topological polar surface area (TPSA) is 214 Å². The van der Waals surface area contributed by atoms with Crippen molar-refractivity contribution in [2.24, 2.45) is 10.8 Å². The molecule has 0 aromatic carbocycles. The Morgan fingerprint density at radius 1 is 0.710 bits per heavy atom. The van der Waals surface area contributed by atoms with Gasteiger partial charge in [-0.1, -0.05) is 27.7 Å². The second-order valence-corrected chi connectivity index (χ2v) is 7.97. The zero-order chi connectivity index (χ0) is 24.1. The molecule has 0 fully saturated rings. The Hall–Kier alpha value is -1.76. The first-order valence-electron chi connectivity index (χ1n) is 9.19. The molecule has 0 saturated heterocycles. The van der Waals surface area contributed by atoms with Crippen molar-refractivity contribution in [3.05, 3.63) is 0 Å². The van der Waals surface area contributed by atoms with Crippen molar-refractivity contribution >= 4 is 23.8 Å². The first kappa shape index (κ1) is 33.9. The predicted octanol–water partition coefficient (Wildman–Crippen LogP) is -2.09. The van der Waals surface area contributed by atoms with Crippen LogP contribution in [0.5, 0.6) is 0 Å². The standard InChI is InChI=1S/2C9H17NO5.Cu/c2*1-9(2,5-11)7(14)8(15)10-4-3-6(12)13;/h2*7,11,14H,3-5H2,1-2H3,(H,10,15)(H,12,13);/t2*7-;/m00./s1. The van der Waals surface area contributed by atoms with E-state index in [2.05, 4.69) is 10.6 Å². The molecule has 0 spiro atoms. The van der Waals surface area contributed by atoms with Crippen molar-refractivity contribution in [2.75, 3.05) is 26.3 Å². The molecule has 0 bridgehead atoms. The summed E-state index contributed by atoms with van der Waals surface area (Å²) in [5.74, 6) is -3.39. The van der Waals surface area contributed by atoms with Gasteiger partial charge in [-0.05, 0) is 0 Å². The molecular formula is C18H34CuN2O10. The molecule has 13 heteroatoms. The number of aliphatic hydroxyl groups excluding tert-OH is 4. The summed E-state index contributed by atoms with van der Waals surface area (Å²) >= 11 is 0. The normalized spacial score (nSPS) is 12.9. The molecule has 0 saturated carbocycles. The second kappa shape index (κ2) is 16.0. The quantitative estimate of drug-likeness (QED) is 0.136. The van der Waals surface area contributed by atoms with Crippen molar-refractivity contribution in [2.45, 2.75) is 52.7 Å². The Morgan fingerprint density at radius 3 is 1.16 bits per heavy atom. The summed E-state index contributed by atoms with van der Waals surface area (Å²) in [6, 6.07) is 0. The van der Waals surface area contributed by atoms with Crippen molar-refractivity contribution in [3.63, 3.8) is 0 Å². The van der Waals surface area contributed by atoms with Crippen LogP contribution in [0, 0.1) is 10.8 Å². The molecule has 0 aliphatic heterocycles. The third-order valence-corrected chi connectivity index (χ3v) is 4.07. The van der Waals surface area contributed by atoms with Crippen molar-refractivity contribution in [3.8, 4) is 0 Å². The molecule has 0 heterocycles. The second-order valence-electron chi connectivity index (χ2n) is 7.97. The summed E-state index contributed by atoms with van der Waals surface area (Å²) in [4.78, 5) is 42.8. The Kier molecular flexibility index (Phi) is 17.4. The fraction of sp³-hybridized carbons (Fsp3) is 0.778. The fourth-order valence-corrected chi connectivity index (χ4v) is 1.66. The molecule has 2 atom stereocenters. The predicted molar refractivity (Wildman–Crippen MR) is 104 cm³/mol. The number of nitrogens with one attached hydrogen (secondary N) is 2. The number of carboxylic acid groups (broad SMARTS) is 2. The first-order valence-corrected chi connectivity index (χ1v) is 9.19. The van der Waals surface area contributed by atoms with Gasteiger partial charge in [-0.15, -0.1) is 0 Å². The molecule has 2 amide bonds. The van der Waals surface area contributed by atoms with Gasteiger partial charge in [-0.2, -0.15) is 0 Å². The van der Waals surface area contributed by atoms with E-state index in [0.29, 0.717) is 0 Å². The van der Waals surface area contributed by atoms with Gasteiger partial charge < -0.3 is 41.3 Å². The van der Waals surface area contributed by atoms with Gasteiger partial charge in [-0.3, -0.25) is 19.2 Å². The van der Waals surface area contributed by atoms with Gasteiger partial charge in [0.25, 0.3) is 0 Å². The maximum atomic E-state index is 11.3. The SMILES string of the molecule is CC(C)(CO)[C@@H](O)C(=O)NCCC(=O)O.CC(C)(CO)[C@@H](O)C(=O)NCCC(=O)O.[Cu]. The van der Waals surface area contributed by atoms with Crippen molar-refractivity contribution < 1.29 is 66.9 Å². The van der Waals surface area contributed by atoms with Gasteiger partial charge in [0.15, 0.2) is 0 Å². The van der Waals surface area contributed by atoms with Crippen LogP contribution in [-0.4, -0.2) is 92.9 Å². The molecule has 0 aliphatic carbocycles. The van der Waals surface area contributed by atoms with E-state index in [0.717, 1.165) is 0 Å². The Labute approximate surface area is 191 Å². The van der Waals surface area contributed by atoms with Crippen LogP contribution in [-0.2, 0) is 36.2 Å². The van der Waals surface area contributed by atoms with Crippen LogP contribution < -0.4 is 10.6 Å². The number of rotatable bonds is 12. The zero-order valence-corrected chi connectivity index (χ0v) is 19.0. The van der Waals surface area contributed by atoms with E-state index in [1.165, 1.54) is 27.7 Å². The molecular weight excluding hydrogens is 468 g/mol. The molecule has 0 aromatic rings. The molecule has 8 N–H and O–H groups in total. The number of hydrogen-bond acceptors (Lipinski definition) is 8. The summed E-state index contributed by atoms with van der Waals surface area (Å²) in [7, 11) is 0. The van der Waals surface area contributed by atoms with E-state index < -0.39 is 46.8 Å². The van der Waals surface area contributed by atoms with E-state index >= 15 is 0 Å². The van der Waals surface area contributed by atoms with Gasteiger partial charge in [0.05, 0.1) is 26.1 Å². The maximum Gasteiger partial charge on any atom is 0.305 e. The van der Waals surface area contributed by atoms with Gasteiger partial charge >= 0.3 is 11.9 Å². The van der Waals surface area contributed by atoms with E-state index in [-0.39, 0.29) is 56.2 Å². The monoisotopic (exact) mass is 501 g/mol. The smallest absolute Gasteiger partial charge is 0.305 e. The molecule has 0 aliphatic rings. The van der Waals surface area contributed by atoms with Crippen LogP contribution in [0.2, 0.25) is 0 Å². The van der Waals surface area contributed by atoms with Gasteiger partial charge in [-0.25, -0.2) is 0 Å². The van der Waals surface area contributed by atoms with E-state index in [1.54, 1.807) is 0 Å². The molecule has 0 aromatic heterocycles. The van der Waals surface area contributed by atoms with Crippen molar-refractivity contribution in [1.29, 1.82) is 0 Å². The largest absolute Gasteiger partial charge is 0.481 e. The molecule has 31 heavy (non-hydrogen) atoms. The Morgan fingerprint density at radius 2 is 0.968 bits per heavy atom. The van der Waals surface area contributed by atoms with Crippen LogP contribution in [0.25, 0.3) is 0 Å². The number of carbonyl (C=O) groups excluding carboxylic acids is 2. The van der Waals surface area contributed by atoms with Gasteiger partial charge in [0.1, 0.15) is 12.2 Å². The van der Waals surface area contributed by atoms with Gasteiger partial charge in [0.2, 0.25) is 11.8 Å². The van der Waals surface area contributed by atoms with E-state index in [9.17, 15) is 29.4 Å². The Balaban J connectivity index is -0.000000490. The van der Waals surface area contributed by atoms with E-state index in [1.807, 2.05) is 0 Å². The minimum atomic E-state index is -1.35. The number of amides is 2. The van der Waals surface area contributed by atoms with Crippen LogP contribution in [0.15, 0.2) is 0 Å². The van der Waals surface area contributed by atoms with Gasteiger partial charge in [0, 0.05) is 41.0 Å². The number of aliphatic carboxylic acids is 2. The van der Waals surface area contributed by atoms with Crippen LogP contribution in [0.3, 0.4) is 0 Å². The molecule has 1 radical (unpaired) electrons. The number of carboxylic acids is 2. The van der Waals surface area contributed by atoms with E-state index in [4.69, 9.17) is 20.4 Å². The summed E-state index contributed by atoms with van der Waals surface area (Å²) in [5, 5.41) is 57.9. The average Bonchev–Trinajstić information content (AvgIpc) is 2.66. The summed E-state index contributed by atoms with van der Waals surface area (Å²) in [5.41, 5.74) is -1.87. The summed E-state index contributed by atoms with van der Waals surface area (Å²) < 4.78 is 0. The number of aliphatic hydroxyl groups is 4. The number of hydrogen-bond donors (Lipinski definition) is 8. The third kappa shape index (κ3) is 14.8. The van der Waals surface area contributed by atoms with Crippen molar-refractivity contribution in [1.82, 2.24) is 10.6 Å². The minimum Gasteiger partial charge on any atom is -0.481 e. The molecule has 0 rings (SSSR count). The molecule has 187 valence electrons. The van der Waals surface area contributed by atoms with Crippen LogP contribution in [0.4, 0.5) is 0 Å². The fourth-order valence-electron chi connectivity index (χ4n) is 1.66. The number of carbonyl (C=O) groups is 4. The third-order valence-electron chi connectivity index (χ3n) is 4.07. The zero-order valence-electron chi connectivity index (χ0n) is 18.0. The molecule has 0 unspecified atom stereocenters. The minimum absolute atomic E-state index is 0. The first-order chi connectivity index (χ1) is 13.6. The summed E-state index contributed by atoms with van der Waals surface area (Å²) in [6.45, 7) is 5.41. The molecule has 12 nitrogen and oxygen atoms in total. The Bertz CT molecular complexity index is 534. The average molecular weight is 502 g/mol. The van der Waals surface area contributed by atoms with Crippen LogP contribution in [0.1, 0.15) is 40.5 Å². The summed E-state index contributed by atoms with van der Waals surface area (Å²) in [6.07, 6.45) is -3.09. The maximum absolute atomic E-state index is 11.3. The van der Waals surface area contributed by atoms with Crippen LogP contribution >= 0.6 is 0 Å².